The highest BCUT2D eigenvalue weighted by molar-refractivity contribution is 7.09. The number of urea groups is 1. The van der Waals surface area contributed by atoms with Gasteiger partial charge in [-0.05, 0) is 42.2 Å². The fraction of sp³-hybridized carbons (Fsp3) is 0.353. The maximum absolute atomic E-state index is 12.1. The Morgan fingerprint density at radius 3 is 2.67 bits per heavy atom. The van der Waals surface area contributed by atoms with Crippen LogP contribution in [-0.2, 0) is 6.42 Å². The minimum atomic E-state index is -0.0627. The van der Waals surface area contributed by atoms with Crippen molar-refractivity contribution in [2.24, 2.45) is 5.92 Å². The lowest BCUT2D eigenvalue weighted by atomic mass is 10.0. The number of benzene rings is 1. The van der Waals surface area contributed by atoms with Gasteiger partial charge in [0.05, 0.1) is 6.04 Å². The molecule has 1 aliphatic carbocycles. The largest absolute Gasteiger partial charge is 0.338 e. The monoisotopic (exact) mass is 300 g/mol. The number of rotatable bonds is 6. The molecule has 2 N–H and O–H groups in total. The molecule has 1 saturated carbocycles. The summed E-state index contributed by atoms with van der Waals surface area (Å²) in [4.78, 5) is 13.4. The molecular formula is C17H20N2OS. The van der Waals surface area contributed by atoms with E-state index >= 15 is 0 Å². The molecule has 0 radical (unpaired) electrons. The molecule has 0 aliphatic heterocycles. The van der Waals surface area contributed by atoms with Gasteiger partial charge in [0.2, 0.25) is 0 Å². The van der Waals surface area contributed by atoms with E-state index < -0.39 is 0 Å². The molecule has 1 heterocycles. The molecule has 21 heavy (non-hydrogen) atoms. The molecule has 3 rings (SSSR count). The van der Waals surface area contributed by atoms with Crippen LogP contribution in [0.5, 0.6) is 0 Å². The van der Waals surface area contributed by atoms with Gasteiger partial charge in [0.15, 0.2) is 0 Å². The summed E-state index contributed by atoms with van der Waals surface area (Å²) in [5.41, 5.74) is 1.20. The van der Waals surface area contributed by atoms with Gasteiger partial charge >= 0.3 is 6.03 Å². The lowest BCUT2D eigenvalue weighted by Crippen LogP contribution is -2.39. The lowest BCUT2D eigenvalue weighted by molar-refractivity contribution is 0.235. The van der Waals surface area contributed by atoms with Crippen molar-refractivity contribution < 1.29 is 4.79 Å². The van der Waals surface area contributed by atoms with Crippen LogP contribution in [0.4, 0.5) is 4.79 Å². The zero-order valence-electron chi connectivity index (χ0n) is 11.9. The molecule has 1 aromatic carbocycles. The molecule has 1 fully saturated rings. The van der Waals surface area contributed by atoms with Gasteiger partial charge in [0.25, 0.3) is 0 Å². The molecule has 1 aromatic heterocycles. The lowest BCUT2D eigenvalue weighted by Gasteiger charge is -2.19. The second-order valence-electron chi connectivity index (χ2n) is 5.46. The third-order valence-electron chi connectivity index (χ3n) is 3.78. The van der Waals surface area contributed by atoms with E-state index in [0.29, 0.717) is 12.5 Å². The average Bonchev–Trinajstić information content (AvgIpc) is 3.22. The van der Waals surface area contributed by atoms with E-state index in [1.165, 1.54) is 23.3 Å². The van der Waals surface area contributed by atoms with Gasteiger partial charge in [0, 0.05) is 11.4 Å². The highest BCUT2D eigenvalue weighted by Gasteiger charge is 2.33. The van der Waals surface area contributed by atoms with E-state index in [1.54, 1.807) is 11.3 Å². The smallest absolute Gasteiger partial charge is 0.315 e. The molecule has 1 aliphatic rings. The van der Waals surface area contributed by atoms with Crippen LogP contribution in [0, 0.1) is 5.92 Å². The van der Waals surface area contributed by atoms with E-state index in [-0.39, 0.29) is 12.1 Å². The average molecular weight is 300 g/mol. The zero-order valence-corrected chi connectivity index (χ0v) is 12.7. The third kappa shape index (κ3) is 4.08. The van der Waals surface area contributed by atoms with Crippen molar-refractivity contribution in [1.82, 2.24) is 10.6 Å². The second-order valence-corrected chi connectivity index (χ2v) is 6.49. The number of carbonyl (C=O) groups is 1. The van der Waals surface area contributed by atoms with Crippen molar-refractivity contribution in [2.45, 2.75) is 25.3 Å². The molecule has 1 atom stereocenters. The molecule has 110 valence electrons. The summed E-state index contributed by atoms with van der Waals surface area (Å²) >= 11 is 1.73. The first kappa shape index (κ1) is 14.1. The Kier molecular flexibility index (Phi) is 4.55. The van der Waals surface area contributed by atoms with Crippen molar-refractivity contribution in [3.63, 3.8) is 0 Å². The van der Waals surface area contributed by atoms with E-state index in [4.69, 9.17) is 0 Å². The summed E-state index contributed by atoms with van der Waals surface area (Å²) in [5.74, 6) is 0.593. The van der Waals surface area contributed by atoms with Gasteiger partial charge in [-0.3, -0.25) is 0 Å². The van der Waals surface area contributed by atoms with Gasteiger partial charge in [-0.1, -0.05) is 36.4 Å². The number of hydrogen-bond donors (Lipinski definition) is 2. The minimum absolute atomic E-state index is 0.0627. The van der Waals surface area contributed by atoms with Crippen LogP contribution in [0.1, 0.15) is 29.3 Å². The van der Waals surface area contributed by atoms with Crippen LogP contribution in [0.15, 0.2) is 47.8 Å². The summed E-state index contributed by atoms with van der Waals surface area (Å²) in [6.45, 7) is 0.679. The van der Waals surface area contributed by atoms with Crippen LogP contribution < -0.4 is 10.6 Å². The number of amides is 2. The molecule has 0 bridgehead atoms. The quantitative estimate of drug-likeness (QED) is 0.838. The number of hydrogen-bond acceptors (Lipinski definition) is 2. The summed E-state index contributed by atoms with van der Waals surface area (Å²) in [6.07, 6.45) is 3.30. The van der Waals surface area contributed by atoms with Crippen molar-refractivity contribution in [2.75, 3.05) is 6.54 Å². The molecular weight excluding hydrogens is 280 g/mol. The minimum Gasteiger partial charge on any atom is -0.338 e. The van der Waals surface area contributed by atoms with E-state index in [1.807, 2.05) is 24.3 Å². The van der Waals surface area contributed by atoms with Gasteiger partial charge in [-0.2, -0.15) is 0 Å². The van der Waals surface area contributed by atoms with Gasteiger partial charge < -0.3 is 10.6 Å². The Labute approximate surface area is 129 Å². The molecule has 0 spiro atoms. The van der Waals surface area contributed by atoms with Crippen molar-refractivity contribution in [3.8, 4) is 0 Å². The highest BCUT2D eigenvalue weighted by Crippen LogP contribution is 2.40. The Hall–Kier alpha value is -1.81. The van der Waals surface area contributed by atoms with E-state index in [0.717, 1.165) is 6.42 Å². The predicted octanol–water partition coefficient (Wildman–Crippen LogP) is 3.74. The predicted molar refractivity (Wildman–Crippen MR) is 86.5 cm³/mol. The maximum Gasteiger partial charge on any atom is 0.315 e. The number of thiophene rings is 1. The fourth-order valence-electron chi connectivity index (χ4n) is 2.51. The van der Waals surface area contributed by atoms with Gasteiger partial charge in [0.1, 0.15) is 0 Å². The van der Waals surface area contributed by atoms with Crippen LogP contribution in [0.3, 0.4) is 0 Å². The van der Waals surface area contributed by atoms with E-state index in [2.05, 4.69) is 34.2 Å². The van der Waals surface area contributed by atoms with Crippen molar-refractivity contribution in [3.05, 3.63) is 58.3 Å². The van der Waals surface area contributed by atoms with E-state index in [9.17, 15) is 4.79 Å². The van der Waals surface area contributed by atoms with Gasteiger partial charge in [-0.15, -0.1) is 11.3 Å². The zero-order chi connectivity index (χ0) is 14.5. The van der Waals surface area contributed by atoms with Crippen LogP contribution in [-0.4, -0.2) is 12.6 Å². The molecule has 1 unspecified atom stereocenters. The van der Waals surface area contributed by atoms with Crippen LogP contribution in [0.2, 0.25) is 0 Å². The summed E-state index contributed by atoms with van der Waals surface area (Å²) in [6, 6.07) is 14.5. The van der Waals surface area contributed by atoms with Crippen molar-refractivity contribution >= 4 is 17.4 Å². The third-order valence-corrected chi connectivity index (χ3v) is 4.71. The highest BCUT2D eigenvalue weighted by atomic mass is 32.1. The Bertz CT molecular complexity index is 564. The topological polar surface area (TPSA) is 41.1 Å². The maximum atomic E-state index is 12.1. The van der Waals surface area contributed by atoms with Gasteiger partial charge in [-0.25, -0.2) is 4.79 Å². The van der Waals surface area contributed by atoms with Crippen LogP contribution >= 0.6 is 11.3 Å². The molecule has 3 nitrogen and oxygen atoms in total. The second kappa shape index (κ2) is 6.76. The molecule has 2 amide bonds. The standard InChI is InChI=1S/C17H20N2OS/c20-17(18-11-10-15-7-4-12-21-15)19-16(14-8-9-14)13-5-2-1-3-6-13/h1-7,12,14,16H,8-11H2,(H2,18,19,20). The van der Waals surface area contributed by atoms with Crippen LogP contribution in [0.25, 0.3) is 0 Å². The first-order valence-electron chi connectivity index (χ1n) is 7.44. The Balaban J connectivity index is 1.50. The van der Waals surface area contributed by atoms with Crippen molar-refractivity contribution in [1.29, 1.82) is 0 Å². The molecule has 4 heteroatoms. The Morgan fingerprint density at radius 2 is 2.00 bits per heavy atom. The molecule has 2 aromatic rings. The first-order chi connectivity index (χ1) is 10.3. The fourth-order valence-corrected chi connectivity index (χ4v) is 3.22. The number of carbonyl (C=O) groups excluding carboxylic acids is 1. The molecule has 0 saturated heterocycles. The summed E-state index contributed by atoms with van der Waals surface area (Å²) < 4.78 is 0. The summed E-state index contributed by atoms with van der Waals surface area (Å²) in [7, 11) is 0. The first-order valence-corrected chi connectivity index (χ1v) is 8.32. The summed E-state index contributed by atoms with van der Waals surface area (Å²) in [5, 5.41) is 8.15. The SMILES string of the molecule is O=C(NCCc1cccs1)NC(c1ccccc1)C1CC1. The number of nitrogens with one attached hydrogen (secondary N) is 2. The normalized spacial score (nSPS) is 15.4. The Morgan fingerprint density at radius 1 is 1.19 bits per heavy atom.